The van der Waals surface area contributed by atoms with Crippen LogP contribution in [0.1, 0.15) is 5.56 Å². The SMILES string of the molecule is COCCNCc1cc(F)ccc1SCC(O)CO. The van der Waals surface area contributed by atoms with E-state index in [2.05, 4.69) is 5.32 Å². The molecule has 4 nitrogen and oxygen atoms in total. The van der Waals surface area contributed by atoms with Gasteiger partial charge in [-0.05, 0) is 23.8 Å². The monoisotopic (exact) mass is 289 g/mol. The molecule has 108 valence electrons. The van der Waals surface area contributed by atoms with Gasteiger partial charge in [0.2, 0.25) is 0 Å². The predicted octanol–water partition coefficient (Wildman–Crippen LogP) is 1.01. The molecule has 0 spiro atoms. The minimum absolute atomic E-state index is 0.268. The van der Waals surface area contributed by atoms with Crippen LogP contribution < -0.4 is 5.32 Å². The third-order valence-corrected chi connectivity index (χ3v) is 3.72. The van der Waals surface area contributed by atoms with Gasteiger partial charge in [0.25, 0.3) is 0 Å². The van der Waals surface area contributed by atoms with Crippen LogP contribution in [-0.2, 0) is 11.3 Å². The molecule has 1 aromatic rings. The molecule has 1 unspecified atom stereocenters. The van der Waals surface area contributed by atoms with Crippen LogP contribution in [0.25, 0.3) is 0 Å². The van der Waals surface area contributed by atoms with E-state index in [-0.39, 0.29) is 12.4 Å². The molecule has 1 aromatic carbocycles. The number of methoxy groups -OCH3 is 1. The normalized spacial score (nSPS) is 12.6. The molecule has 0 aliphatic heterocycles. The van der Waals surface area contributed by atoms with E-state index in [0.29, 0.717) is 25.4 Å². The summed E-state index contributed by atoms with van der Waals surface area (Å²) in [6, 6.07) is 4.57. The number of ether oxygens (including phenoxy) is 1. The molecule has 1 rings (SSSR count). The topological polar surface area (TPSA) is 61.7 Å². The van der Waals surface area contributed by atoms with Crippen molar-refractivity contribution in [3.63, 3.8) is 0 Å². The van der Waals surface area contributed by atoms with Crippen LogP contribution in [0, 0.1) is 5.82 Å². The van der Waals surface area contributed by atoms with E-state index in [1.807, 2.05) is 0 Å². The number of benzene rings is 1. The number of nitrogens with one attached hydrogen (secondary N) is 1. The largest absolute Gasteiger partial charge is 0.394 e. The van der Waals surface area contributed by atoms with Crippen molar-refractivity contribution in [1.29, 1.82) is 0 Å². The molecule has 0 aromatic heterocycles. The molecule has 0 bridgehead atoms. The van der Waals surface area contributed by atoms with Crippen LogP contribution in [-0.4, -0.2) is 48.9 Å². The zero-order chi connectivity index (χ0) is 14.1. The number of aliphatic hydroxyl groups excluding tert-OH is 2. The number of aliphatic hydroxyl groups is 2. The summed E-state index contributed by atoms with van der Waals surface area (Å²) in [5, 5.41) is 21.3. The summed E-state index contributed by atoms with van der Waals surface area (Å²) < 4.78 is 18.2. The van der Waals surface area contributed by atoms with E-state index in [4.69, 9.17) is 9.84 Å². The summed E-state index contributed by atoms with van der Waals surface area (Å²) in [6.07, 6.45) is -0.760. The van der Waals surface area contributed by atoms with Gasteiger partial charge in [-0.2, -0.15) is 0 Å². The summed E-state index contributed by atoms with van der Waals surface area (Å²) in [4.78, 5) is 0.902. The molecule has 0 saturated heterocycles. The number of hydrogen-bond acceptors (Lipinski definition) is 5. The highest BCUT2D eigenvalue weighted by atomic mass is 32.2. The summed E-state index contributed by atoms with van der Waals surface area (Å²) in [6.45, 7) is 1.56. The summed E-state index contributed by atoms with van der Waals surface area (Å²) in [5.41, 5.74) is 0.839. The standard InChI is InChI=1S/C13H20FNO3S/c1-18-5-4-15-7-10-6-11(14)2-3-13(10)19-9-12(17)8-16/h2-3,6,12,15-17H,4-5,7-9H2,1H3. The maximum Gasteiger partial charge on any atom is 0.123 e. The Kier molecular flexibility index (Phi) is 8.00. The molecular weight excluding hydrogens is 269 g/mol. The molecule has 0 aliphatic rings. The number of halogens is 1. The van der Waals surface area contributed by atoms with E-state index < -0.39 is 6.10 Å². The van der Waals surface area contributed by atoms with Gasteiger partial charge in [-0.3, -0.25) is 0 Å². The highest BCUT2D eigenvalue weighted by Gasteiger charge is 2.08. The Morgan fingerprint density at radius 1 is 1.47 bits per heavy atom. The minimum Gasteiger partial charge on any atom is -0.394 e. The third-order valence-electron chi connectivity index (χ3n) is 2.46. The van der Waals surface area contributed by atoms with Crippen LogP contribution in [0.4, 0.5) is 4.39 Å². The first kappa shape index (κ1) is 16.4. The van der Waals surface area contributed by atoms with Crippen LogP contribution in [0.3, 0.4) is 0 Å². The average Bonchev–Trinajstić information content (AvgIpc) is 2.42. The molecule has 19 heavy (non-hydrogen) atoms. The second-order valence-corrected chi connectivity index (χ2v) is 5.13. The van der Waals surface area contributed by atoms with Crippen LogP contribution in [0.2, 0.25) is 0 Å². The number of thioether (sulfide) groups is 1. The molecule has 0 fully saturated rings. The average molecular weight is 289 g/mol. The van der Waals surface area contributed by atoms with Gasteiger partial charge in [-0.15, -0.1) is 11.8 Å². The van der Waals surface area contributed by atoms with E-state index in [9.17, 15) is 9.50 Å². The molecule has 0 amide bonds. The van der Waals surface area contributed by atoms with Gasteiger partial charge in [0.15, 0.2) is 0 Å². The van der Waals surface area contributed by atoms with Gasteiger partial charge in [-0.1, -0.05) is 0 Å². The van der Waals surface area contributed by atoms with Gasteiger partial charge in [0.05, 0.1) is 19.3 Å². The molecular formula is C13H20FNO3S. The maximum absolute atomic E-state index is 13.2. The Morgan fingerprint density at radius 2 is 2.26 bits per heavy atom. The molecule has 0 heterocycles. The Morgan fingerprint density at radius 3 is 2.95 bits per heavy atom. The lowest BCUT2D eigenvalue weighted by Crippen LogP contribution is -2.19. The Hall–Kier alpha value is -0.660. The van der Waals surface area contributed by atoms with Crippen molar-refractivity contribution in [2.45, 2.75) is 17.5 Å². The summed E-state index contributed by atoms with van der Waals surface area (Å²) in [7, 11) is 1.63. The van der Waals surface area contributed by atoms with Crippen LogP contribution >= 0.6 is 11.8 Å². The van der Waals surface area contributed by atoms with E-state index in [0.717, 1.165) is 10.5 Å². The van der Waals surface area contributed by atoms with Gasteiger partial charge in [0, 0.05) is 30.8 Å². The zero-order valence-electron chi connectivity index (χ0n) is 10.9. The van der Waals surface area contributed by atoms with Crippen LogP contribution in [0.5, 0.6) is 0 Å². The molecule has 0 saturated carbocycles. The first-order chi connectivity index (χ1) is 9.17. The lowest BCUT2D eigenvalue weighted by molar-refractivity contribution is 0.113. The fourth-order valence-corrected chi connectivity index (χ4v) is 2.42. The van der Waals surface area contributed by atoms with Gasteiger partial charge >= 0.3 is 0 Å². The Balaban J connectivity index is 2.58. The molecule has 0 aliphatic carbocycles. The summed E-state index contributed by atoms with van der Waals surface area (Å²) >= 11 is 1.40. The first-order valence-electron chi connectivity index (χ1n) is 6.07. The van der Waals surface area contributed by atoms with E-state index in [1.54, 1.807) is 13.2 Å². The van der Waals surface area contributed by atoms with E-state index in [1.165, 1.54) is 23.9 Å². The Bertz CT molecular complexity index is 379. The third kappa shape index (κ3) is 6.35. The minimum atomic E-state index is -0.760. The van der Waals surface area contributed by atoms with Gasteiger partial charge in [0.1, 0.15) is 5.82 Å². The second kappa shape index (κ2) is 9.28. The van der Waals surface area contributed by atoms with Crippen LogP contribution in [0.15, 0.2) is 23.1 Å². The first-order valence-corrected chi connectivity index (χ1v) is 7.05. The fraction of sp³-hybridized carbons (Fsp3) is 0.538. The second-order valence-electron chi connectivity index (χ2n) is 4.07. The molecule has 3 N–H and O–H groups in total. The smallest absolute Gasteiger partial charge is 0.123 e. The summed E-state index contributed by atoms with van der Waals surface area (Å²) in [5.74, 6) is 0.100. The van der Waals surface area contributed by atoms with Crippen molar-refractivity contribution in [2.75, 3.05) is 32.6 Å². The van der Waals surface area contributed by atoms with E-state index >= 15 is 0 Å². The van der Waals surface area contributed by atoms with Crippen molar-refractivity contribution in [3.8, 4) is 0 Å². The maximum atomic E-state index is 13.2. The van der Waals surface area contributed by atoms with Crippen molar-refractivity contribution in [1.82, 2.24) is 5.32 Å². The van der Waals surface area contributed by atoms with Gasteiger partial charge < -0.3 is 20.3 Å². The Labute approximate surface area is 117 Å². The number of hydrogen-bond donors (Lipinski definition) is 3. The van der Waals surface area contributed by atoms with Gasteiger partial charge in [-0.25, -0.2) is 4.39 Å². The lowest BCUT2D eigenvalue weighted by Gasteiger charge is -2.12. The highest BCUT2D eigenvalue weighted by Crippen LogP contribution is 2.24. The van der Waals surface area contributed by atoms with Crippen molar-refractivity contribution < 1.29 is 19.3 Å². The molecule has 0 radical (unpaired) electrons. The number of rotatable bonds is 9. The molecule has 1 atom stereocenters. The fourth-order valence-electron chi connectivity index (χ4n) is 1.46. The zero-order valence-corrected chi connectivity index (χ0v) is 11.8. The quantitative estimate of drug-likeness (QED) is 0.468. The molecule has 6 heteroatoms. The highest BCUT2D eigenvalue weighted by molar-refractivity contribution is 7.99. The van der Waals surface area contributed by atoms with Crippen molar-refractivity contribution in [2.24, 2.45) is 0 Å². The predicted molar refractivity (Wildman–Crippen MR) is 73.8 cm³/mol. The van der Waals surface area contributed by atoms with Crippen molar-refractivity contribution >= 4 is 11.8 Å². The lowest BCUT2D eigenvalue weighted by atomic mass is 10.2. The van der Waals surface area contributed by atoms with Crippen molar-refractivity contribution in [3.05, 3.63) is 29.6 Å².